The van der Waals surface area contributed by atoms with Crippen LogP contribution in [0.15, 0.2) is 53.4 Å². The van der Waals surface area contributed by atoms with Crippen molar-refractivity contribution in [2.24, 2.45) is 5.92 Å². The van der Waals surface area contributed by atoms with Crippen LogP contribution in [0.3, 0.4) is 0 Å². The van der Waals surface area contributed by atoms with Gasteiger partial charge in [-0.25, -0.2) is 8.42 Å². The fourth-order valence-electron chi connectivity index (χ4n) is 3.63. The number of esters is 1. The normalized spacial score (nSPS) is 16.1. The molecule has 8 nitrogen and oxygen atoms in total. The van der Waals surface area contributed by atoms with Crippen LogP contribution in [0.1, 0.15) is 42.6 Å². The molecular weight excluding hydrogens is 444 g/mol. The van der Waals surface area contributed by atoms with Gasteiger partial charge in [0.1, 0.15) is 0 Å². The maximum Gasteiger partial charge on any atom is 0.309 e. The van der Waals surface area contributed by atoms with Crippen LogP contribution < -0.4 is 5.32 Å². The Balaban J connectivity index is 1.56. The molecule has 0 aromatic heterocycles. The number of piperidine rings is 1. The fourth-order valence-corrected chi connectivity index (χ4v) is 5.14. The molecule has 1 aliphatic rings. The number of amides is 1. The van der Waals surface area contributed by atoms with E-state index in [-0.39, 0.29) is 36.6 Å². The molecule has 0 saturated carbocycles. The van der Waals surface area contributed by atoms with Crippen molar-refractivity contribution in [3.05, 3.63) is 59.7 Å². The molecule has 0 radical (unpaired) electrons. The molecule has 0 spiro atoms. The Morgan fingerprint density at radius 1 is 1.06 bits per heavy atom. The first-order chi connectivity index (χ1) is 15.6. The van der Waals surface area contributed by atoms with Gasteiger partial charge in [-0.15, -0.1) is 0 Å². The summed E-state index contributed by atoms with van der Waals surface area (Å²) >= 11 is 0. The van der Waals surface area contributed by atoms with Gasteiger partial charge in [-0.1, -0.05) is 30.3 Å². The fraction of sp³-hybridized carbons (Fsp3) is 0.375. The molecule has 1 aliphatic heterocycles. The number of nitrogens with one attached hydrogen (secondary N) is 1. The quantitative estimate of drug-likeness (QED) is 0.490. The number of anilines is 1. The highest BCUT2D eigenvalue weighted by Crippen LogP contribution is 2.26. The number of carbonyl (C=O) groups is 3. The predicted molar refractivity (Wildman–Crippen MR) is 123 cm³/mol. The van der Waals surface area contributed by atoms with Crippen molar-refractivity contribution >= 4 is 33.4 Å². The number of carbonyl (C=O) groups excluding carboxylic acids is 3. The van der Waals surface area contributed by atoms with Gasteiger partial charge in [0, 0.05) is 24.3 Å². The van der Waals surface area contributed by atoms with Crippen LogP contribution in [0, 0.1) is 12.8 Å². The summed E-state index contributed by atoms with van der Waals surface area (Å²) in [7, 11) is -3.78. The smallest absolute Gasteiger partial charge is 0.309 e. The predicted octanol–water partition coefficient (Wildman–Crippen LogP) is 3.17. The Morgan fingerprint density at radius 3 is 2.36 bits per heavy atom. The molecule has 0 aliphatic carbocycles. The van der Waals surface area contributed by atoms with E-state index in [1.807, 2.05) is 19.1 Å². The zero-order chi connectivity index (χ0) is 24.2. The number of ketones is 1. The van der Waals surface area contributed by atoms with Crippen molar-refractivity contribution in [1.29, 1.82) is 0 Å². The topological polar surface area (TPSA) is 110 Å². The lowest BCUT2D eigenvalue weighted by Gasteiger charge is -2.30. The first-order valence-electron chi connectivity index (χ1n) is 10.8. The van der Waals surface area contributed by atoms with Crippen molar-refractivity contribution in [2.75, 3.05) is 18.4 Å². The minimum absolute atomic E-state index is 0.0534. The molecule has 0 bridgehead atoms. The third-order valence-electron chi connectivity index (χ3n) is 5.73. The highest BCUT2D eigenvalue weighted by Gasteiger charge is 2.34. The number of ether oxygens (including phenoxy) is 1. The number of nitrogens with zero attached hydrogens (tertiary/aromatic N) is 1. The summed E-state index contributed by atoms with van der Waals surface area (Å²) in [5, 5.41) is 2.75. The standard InChI is InChI=1S/C24H28N2O6S/c1-16-7-4-5-10-22(16)25-23(28)18(3)32-24(29)19-11-13-26(14-12-19)33(30,31)21-9-6-8-20(15-21)17(2)27/h4-10,15,18-19H,11-14H2,1-3H3,(H,25,28). The molecule has 1 amide bonds. The number of hydrogen-bond acceptors (Lipinski definition) is 6. The Labute approximate surface area is 194 Å². The highest BCUT2D eigenvalue weighted by molar-refractivity contribution is 7.89. The Morgan fingerprint density at radius 2 is 1.73 bits per heavy atom. The third kappa shape index (κ3) is 5.85. The Kier molecular flexibility index (Phi) is 7.65. The van der Waals surface area contributed by atoms with Gasteiger partial charge < -0.3 is 10.1 Å². The molecule has 33 heavy (non-hydrogen) atoms. The summed E-state index contributed by atoms with van der Waals surface area (Å²) in [6, 6.07) is 13.2. The van der Waals surface area contributed by atoms with Crippen molar-refractivity contribution in [3.63, 3.8) is 0 Å². The number of sulfonamides is 1. The Bertz CT molecular complexity index is 1150. The highest BCUT2D eigenvalue weighted by atomic mass is 32.2. The molecule has 2 aromatic rings. The number of aryl methyl sites for hydroxylation is 1. The third-order valence-corrected chi connectivity index (χ3v) is 7.63. The zero-order valence-corrected chi connectivity index (χ0v) is 19.7. The van der Waals surface area contributed by atoms with Crippen LogP contribution >= 0.6 is 0 Å². The first kappa shape index (κ1) is 24.6. The van der Waals surface area contributed by atoms with E-state index in [2.05, 4.69) is 5.32 Å². The molecule has 1 fully saturated rings. The van der Waals surface area contributed by atoms with E-state index in [4.69, 9.17) is 4.74 Å². The number of Topliss-reactive ketones (excluding diaryl/α,β-unsaturated/α-hetero) is 1. The minimum Gasteiger partial charge on any atom is -0.452 e. The molecule has 1 N–H and O–H groups in total. The molecule has 176 valence electrons. The maximum atomic E-state index is 13.0. The van der Waals surface area contributed by atoms with E-state index in [1.165, 1.54) is 36.4 Å². The first-order valence-corrected chi connectivity index (χ1v) is 12.2. The molecule has 1 saturated heterocycles. The van der Waals surface area contributed by atoms with Gasteiger partial charge in [-0.05, 0) is 57.4 Å². The zero-order valence-electron chi connectivity index (χ0n) is 18.9. The molecule has 1 unspecified atom stereocenters. The second kappa shape index (κ2) is 10.3. The van der Waals surface area contributed by atoms with Gasteiger partial charge in [0.2, 0.25) is 10.0 Å². The molecule has 1 heterocycles. The number of rotatable bonds is 7. The van der Waals surface area contributed by atoms with Gasteiger partial charge in [0.15, 0.2) is 11.9 Å². The summed E-state index contributed by atoms with van der Waals surface area (Å²) in [5.41, 5.74) is 1.87. The second-order valence-corrected chi connectivity index (χ2v) is 10.1. The number of para-hydroxylation sites is 1. The largest absolute Gasteiger partial charge is 0.452 e. The van der Waals surface area contributed by atoms with Crippen LogP contribution in [0.25, 0.3) is 0 Å². The molecule has 9 heteroatoms. The average molecular weight is 473 g/mol. The van der Waals surface area contributed by atoms with Gasteiger partial charge in [0.05, 0.1) is 10.8 Å². The number of benzene rings is 2. The van der Waals surface area contributed by atoms with E-state index in [9.17, 15) is 22.8 Å². The van der Waals surface area contributed by atoms with Gasteiger partial charge >= 0.3 is 5.97 Å². The van der Waals surface area contributed by atoms with E-state index >= 15 is 0 Å². The lowest BCUT2D eigenvalue weighted by atomic mass is 9.98. The monoisotopic (exact) mass is 472 g/mol. The van der Waals surface area contributed by atoms with Crippen molar-refractivity contribution in [3.8, 4) is 0 Å². The van der Waals surface area contributed by atoms with Crippen LogP contribution in [-0.4, -0.2) is 49.6 Å². The summed E-state index contributed by atoms with van der Waals surface area (Å²) < 4.78 is 32.6. The number of hydrogen-bond donors (Lipinski definition) is 1. The van der Waals surface area contributed by atoms with Crippen molar-refractivity contribution in [1.82, 2.24) is 4.31 Å². The average Bonchev–Trinajstić information content (AvgIpc) is 2.80. The van der Waals surface area contributed by atoms with Gasteiger partial charge in [-0.2, -0.15) is 4.31 Å². The summed E-state index contributed by atoms with van der Waals surface area (Å²) in [5.74, 6) is -1.65. The van der Waals surface area contributed by atoms with Gasteiger partial charge in [-0.3, -0.25) is 14.4 Å². The van der Waals surface area contributed by atoms with Gasteiger partial charge in [0.25, 0.3) is 5.91 Å². The molecular formula is C24H28N2O6S. The van der Waals surface area contributed by atoms with E-state index in [0.717, 1.165) is 5.56 Å². The molecule has 2 aromatic carbocycles. The minimum atomic E-state index is -3.78. The van der Waals surface area contributed by atoms with Crippen LogP contribution in [0.4, 0.5) is 5.69 Å². The second-order valence-electron chi connectivity index (χ2n) is 8.15. The maximum absolute atomic E-state index is 13.0. The lowest BCUT2D eigenvalue weighted by molar-refractivity contribution is -0.158. The SMILES string of the molecule is CC(=O)c1cccc(S(=O)(=O)N2CCC(C(=O)OC(C)C(=O)Nc3ccccc3C)CC2)c1. The van der Waals surface area contributed by atoms with Crippen molar-refractivity contribution < 1.29 is 27.5 Å². The summed E-state index contributed by atoms with van der Waals surface area (Å²) in [4.78, 5) is 36.6. The van der Waals surface area contributed by atoms with E-state index in [0.29, 0.717) is 11.3 Å². The lowest BCUT2D eigenvalue weighted by Crippen LogP contribution is -2.41. The van der Waals surface area contributed by atoms with E-state index in [1.54, 1.807) is 18.2 Å². The molecule has 1 atom stereocenters. The van der Waals surface area contributed by atoms with Crippen molar-refractivity contribution in [2.45, 2.75) is 44.6 Å². The summed E-state index contributed by atoms with van der Waals surface area (Å²) in [6.45, 7) is 5.05. The molecule has 3 rings (SSSR count). The van der Waals surface area contributed by atoms with Crippen LogP contribution in [0.2, 0.25) is 0 Å². The Hall–Kier alpha value is -3.04. The van der Waals surface area contributed by atoms with Crippen LogP contribution in [0.5, 0.6) is 0 Å². The summed E-state index contributed by atoms with van der Waals surface area (Å²) in [6.07, 6.45) is -0.402. The van der Waals surface area contributed by atoms with E-state index < -0.39 is 33.9 Å². The van der Waals surface area contributed by atoms with Crippen LogP contribution in [-0.2, 0) is 24.3 Å².